The zero-order valence-corrected chi connectivity index (χ0v) is 9.23. The molecule has 0 saturated heterocycles. The number of Topliss-reactive ketones (excluding diaryl/α,β-unsaturated/α-hetero) is 1. The number of hydrogen-bond donors (Lipinski definition) is 0. The summed E-state index contributed by atoms with van der Waals surface area (Å²) in [7, 11) is 2.58. The normalized spacial score (nSPS) is 22.9. The van der Waals surface area contributed by atoms with Gasteiger partial charge in [-0.1, -0.05) is 0 Å². The van der Waals surface area contributed by atoms with E-state index in [1.807, 2.05) is 0 Å². The molecule has 0 aromatic carbocycles. The molecular formula is C6H10AtOP. The minimum absolute atomic E-state index is 0.232. The Bertz CT molecular complexity index is 120. The van der Waals surface area contributed by atoms with Gasteiger partial charge in [-0.25, -0.2) is 0 Å². The zero-order chi connectivity index (χ0) is 6.85. The fraction of sp³-hybridized carbons (Fsp3) is 0.833. The molecule has 9 heavy (non-hydrogen) atoms. The van der Waals surface area contributed by atoms with E-state index in [4.69, 9.17) is 0 Å². The van der Waals surface area contributed by atoms with Crippen molar-refractivity contribution in [3.05, 3.63) is 0 Å². The molecule has 0 amide bonds. The van der Waals surface area contributed by atoms with E-state index < -0.39 is 0 Å². The number of carbonyl (C=O) groups excluding carboxylic acids is 1. The molecule has 1 nitrogen and oxygen atoms in total. The van der Waals surface area contributed by atoms with E-state index in [0.717, 1.165) is 12.8 Å². The van der Waals surface area contributed by atoms with Gasteiger partial charge in [0.1, 0.15) is 0 Å². The molecule has 0 spiro atoms. The maximum absolute atomic E-state index is 11.1. The van der Waals surface area contributed by atoms with Gasteiger partial charge in [-0.3, -0.25) is 0 Å². The fourth-order valence-corrected chi connectivity index (χ4v) is 1.88. The van der Waals surface area contributed by atoms with Crippen LogP contribution < -0.4 is 0 Å². The average Bonchev–Trinajstić information content (AvgIpc) is 1.60. The molecule has 0 aromatic heterocycles. The van der Waals surface area contributed by atoms with Crippen LogP contribution in [0.4, 0.5) is 0 Å². The maximum atomic E-state index is 11.1. The summed E-state index contributed by atoms with van der Waals surface area (Å²) < 4.78 is 0.232. The van der Waals surface area contributed by atoms with Crippen LogP contribution >= 0.6 is 9.24 Å². The average molecular weight is 339 g/mol. The van der Waals surface area contributed by atoms with Crippen molar-refractivity contribution in [3.8, 4) is 0 Å². The molecule has 0 bridgehead atoms. The molecule has 0 aromatic rings. The number of carbonyl (C=O) groups is 1. The van der Waals surface area contributed by atoms with E-state index >= 15 is 0 Å². The van der Waals surface area contributed by atoms with Crippen molar-refractivity contribution in [2.24, 2.45) is 5.92 Å². The molecule has 2 unspecified atom stereocenters. The third kappa shape index (κ3) is 1.95. The summed E-state index contributed by atoms with van der Waals surface area (Å²) in [6, 6.07) is 0. The van der Waals surface area contributed by atoms with Crippen LogP contribution in [0.15, 0.2) is 0 Å². The summed E-state index contributed by atoms with van der Waals surface area (Å²) in [5.74, 6) is 0.889. The monoisotopic (exact) mass is 339 g/mol. The molecule has 0 radical (unpaired) electrons. The summed E-state index contributed by atoms with van der Waals surface area (Å²) in [5, 5.41) is 0. The van der Waals surface area contributed by atoms with E-state index in [0.29, 0.717) is 11.7 Å². The Labute approximate surface area is 73.0 Å². The van der Waals surface area contributed by atoms with Crippen molar-refractivity contribution in [1.29, 1.82) is 0 Å². The third-order valence-corrected chi connectivity index (χ3v) is 2.94. The first-order valence-electron chi connectivity index (χ1n) is 3.15. The molecule has 1 rings (SSSR count). The fourth-order valence-electron chi connectivity index (χ4n) is 0.918. The number of ketones is 1. The van der Waals surface area contributed by atoms with E-state index in [9.17, 15) is 4.79 Å². The Morgan fingerprint density at radius 2 is 2.22 bits per heavy atom. The molecule has 1 aliphatic carbocycles. The van der Waals surface area contributed by atoms with Gasteiger partial charge in [-0.15, -0.1) is 0 Å². The van der Waals surface area contributed by atoms with Crippen LogP contribution in [-0.4, -0.2) is 9.15 Å². The van der Waals surface area contributed by atoms with Gasteiger partial charge in [0, 0.05) is 0 Å². The summed E-state index contributed by atoms with van der Waals surface area (Å²) in [5.41, 5.74) is 0. The van der Waals surface area contributed by atoms with Crippen molar-refractivity contribution in [1.82, 2.24) is 0 Å². The molecule has 3 heteroatoms. The molecule has 0 heterocycles. The Kier molecular flexibility index (Phi) is 3.05. The van der Waals surface area contributed by atoms with Gasteiger partial charge >= 0.3 is 73.1 Å². The van der Waals surface area contributed by atoms with Gasteiger partial charge in [0.15, 0.2) is 0 Å². The quantitative estimate of drug-likeness (QED) is 0.689. The zero-order valence-electron chi connectivity index (χ0n) is 5.14. The van der Waals surface area contributed by atoms with E-state index in [2.05, 4.69) is 9.24 Å². The van der Waals surface area contributed by atoms with Crippen LogP contribution in [-0.2, 0) is 4.79 Å². The van der Waals surface area contributed by atoms with E-state index in [-0.39, 0.29) is 3.37 Å². The van der Waals surface area contributed by atoms with Gasteiger partial charge in [0.25, 0.3) is 0 Å². The summed E-state index contributed by atoms with van der Waals surface area (Å²) in [6.45, 7) is 0. The van der Waals surface area contributed by atoms with E-state index in [1.165, 1.54) is 6.42 Å². The van der Waals surface area contributed by atoms with Crippen molar-refractivity contribution < 1.29 is 29.5 Å². The van der Waals surface area contributed by atoms with Crippen LogP contribution in [0.25, 0.3) is 0 Å². The molecule has 1 saturated carbocycles. The summed E-state index contributed by atoms with van der Waals surface area (Å²) in [4.78, 5) is 11.1. The van der Waals surface area contributed by atoms with Gasteiger partial charge in [0.05, 0.1) is 0 Å². The Morgan fingerprint density at radius 1 is 1.67 bits per heavy atom. The topological polar surface area (TPSA) is 17.1 Å². The molecule has 0 aliphatic heterocycles. The SMILES string of the molecule is O=C(C(P)[At])C1CCC1. The predicted molar refractivity (Wildman–Crippen MR) is 35.8 cm³/mol. The third-order valence-electron chi connectivity index (χ3n) is 1.78. The van der Waals surface area contributed by atoms with Crippen LogP contribution in [0.1, 0.15) is 19.3 Å². The molecular weight excluding hydrogens is 329 g/mol. The summed E-state index contributed by atoms with van der Waals surface area (Å²) in [6.07, 6.45) is 3.55. The van der Waals surface area contributed by atoms with E-state index in [1.54, 1.807) is 24.7 Å². The second kappa shape index (κ2) is 3.40. The Balaban J connectivity index is 2.32. The molecule has 2 atom stereocenters. The Hall–Kier alpha value is 0.983. The van der Waals surface area contributed by atoms with Crippen LogP contribution in [0.5, 0.6) is 0 Å². The van der Waals surface area contributed by atoms with Gasteiger partial charge < -0.3 is 0 Å². The Morgan fingerprint density at radius 3 is 2.33 bits per heavy atom. The van der Waals surface area contributed by atoms with Crippen LogP contribution in [0.3, 0.4) is 0 Å². The van der Waals surface area contributed by atoms with Crippen molar-refractivity contribution in [3.63, 3.8) is 0 Å². The van der Waals surface area contributed by atoms with Gasteiger partial charge in [-0.05, 0) is 0 Å². The first-order valence-corrected chi connectivity index (χ1v) is 5.51. The van der Waals surface area contributed by atoms with Gasteiger partial charge in [0.2, 0.25) is 0 Å². The standard InChI is InChI=1S/C6H10AtOP/c7-6(9)5(8)4-2-1-3-4/h4,6H,1-3,9H2. The first kappa shape index (κ1) is 8.08. The number of hydrogen-bond acceptors (Lipinski definition) is 1. The van der Waals surface area contributed by atoms with Crippen LogP contribution in [0, 0.1) is 30.6 Å². The molecule has 52 valence electrons. The second-order valence-corrected chi connectivity index (χ2v) is 6.80. The minimum atomic E-state index is 0.232. The number of rotatable bonds is 2. The predicted octanol–water partition coefficient (Wildman–Crippen LogP) is 1.11. The molecule has 0 N–H and O–H groups in total. The first-order chi connectivity index (χ1) is 4.22. The van der Waals surface area contributed by atoms with Crippen LogP contribution in [0.2, 0.25) is 0 Å². The van der Waals surface area contributed by atoms with Crippen molar-refractivity contribution >= 4 is 15.0 Å². The van der Waals surface area contributed by atoms with Crippen molar-refractivity contribution in [2.45, 2.75) is 22.6 Å². The second-order valence-electron chi connectivity index (χ2n) is 2.43. The van der Waals surface area contributed by atoms with Crippen molar-refractivity contribution in [2.75, 3.05) is 0 Å². The summed E-state index contributed by atoms with van der Waals surface area (Å²) >= 11 is 1.57. The molecule has 1 aliphatic rings. The molecule has 1 fully saturated rings. The van der Waals surface area contributed by atoms with Gasteiger partial charge in [-0.2, -0.15) is 0 Å².